The lowest BCUT2D eigenvalue weighted by atomic mass is 10.1. The zero-order chi connectivity index (χ0) is 14.5. The highest BCUT2D eigenvalue weighted by molar-refractivity contribution is 5.68. The number of ether oxygens (including phenoxy) is 2. The summed E-state index contributed by atoms with van der Waals surface area (Å²) in [6.07, 6.45) is 9.29. The van der Waals surface area contributed by atoms with Crippen LogP contribution in [0.5, 0.6) is 6.01 Å². The molecule has 6 nitrogen and oxygen atoms in total. The number of carbonyl (C=O) groups is 1. The van der Waals surface area contributed by atoms with Crippen molar-refractivity contribution >= 4 is 6.09 Å². The van der Waals surface area contributed by atoms with Crippen LogP contribution in [0.2, 0.25) is 0 Å². The monoisotopic (exact) mass is 291 g/mol. The van der Waals surface area contributed by atoms with Crippen LogP contribution in [0.15, 0.2) is 18.5 Å². The first-order valence-electron chi connectivity index (χ1n) is 7.70. The number of hydrogen-bond acceptors (Lipinski definition) is 5. The van der Waals surface area contributed by atoms with Crippen LogP contribution in [0, 0.1) is 0 Å². The lowest BCUT2D eigenvalue weighted by Crippen LogP contribution is -2.45. The van der Waals surface area contributed by atoms with Gasteiger partial charge in [-0.15, -0.1) is 0 Å². The molecule has 1 aromatic rings. The van der Waals surface area contributed by atoms with Crippen molar-refractivity contribution in [1.82, 2.24) is 14.9 Å². The number of carbonyl (C=O) groups excluding carboxylic acids is 1. The van der Waals surface area contributed by atoms with E-state index in [-0.39, 0.29) is 18.3 Å². The molecule has 0 spiro atoms. The van der Waals surface area contributed by atoms with Gasteiger partial charge in [0.05, 0.1) is 6.54 Å². The molecule has 1 aliphatic carbocycles. The second-order valence-corrected chi connectivity index (χ2v) is 5.65. The van der Waals surface area contributed by atoms with Crippen molar-refractivity contribution in [2.75, 3.05) is 13.1 Å². The van der Waals surface area contributed by atoms with Crippen molar-refractivity contribution in [3.63, 3.8) is 0 Å². The smallest absolute Gasteiger partial charge is 0.410 e. The Kier molecular flexibility index (Phi) is 4.52. The maximum absolute atomic E-state index is 12.2. The molecule has 1 atom stereocenters. The lowest BCUT2D eigenvalue weighted by Gasteiger charge is -2.32. The second-order valence-electron chi connectivity index (χ2n) is 5.65. The molecule has 2 heterocycles. The Morgan fingerprint density at radius 1 is 1.10 bits per heavy atom. The minimum atomic E-state index is -0.204. The summed E-state index contributed by atoms with van der Waals surface area (Å²) in [5.41, 5.74) is 0. The fraction of sp³-hybridized carbons (Fsp3) is 0.667. The highest BCUT2D eigenvalue weighted by Crippen LogP contribution is 2.23. The number of hydrogen-bond donors (Lipinski definition) is 0. The van der Waals surface area contributed by atoms with Crippen molar-refractivity contribution in [1.29, 1.82) is 0 Å². The summed E-state index contributed by atoms with van der Waals surface area (Å²) in [5.74, 6) is 0. The van der Waals surface area contributed by atoms with E-state index in [1.54, 1.807) is 23.4 Å². The Labute approximate surface area is 124 Å². The van der Waals surface area contributed by atoms with Gasteiger partial charge in [-0.1, -0.05) is 0 Å². The van der Waals surface area contributed by atoms with E-state index in [0.717, 1.165) is 45.1 Å². The van der Waals surface area contributed by atoms with Gasteiger partial charge in [0, 0.05) is 18.9 Å². The number of nitrogens with zero attached hydrogens (tertiary/aromatic N) is 3. The van der Waals surface area contributed by atoms with Gasteiger partial charge in [-0.3, -0.25) is 0 Å². The summed E-state index contributed by atoms with van der Waals surface area (Å²) in [4.78, 5) is 22.0. The van der Waals surface area contributed by atoms with Gasteiger partial charge in [0.1, 0.15) is 12.2 Å². The summed E-state index contributed by atoms with van der Waals surface area (Å²) >= 11 is 0. The maximum atomic E-state index is 12.2. The van der Waals surface area contributed by atoms with Crippen LogP contribution in [0.4, 0.5) is 4.79 Å². The Bertz CT molecular complexity index is 462. The van der Waals surface area contributed by atoms with Crippen molar-refractivity contribution in [2.45, 2.75) is 50.7 Å². The molecule has 0 bridgehead atoms. The lowest BCUT2D eigenvalue weighted by molar-refractivity contribution is 0.0347. The minimum Gasteiger partial charge on any atom is -0.458 e. The van der Waals surface area contributed by atoms with Crippen LogP contribution in [-0.2, 0) is 4.74 Å². The van der Waals surface area contributed by atoms with Crippen molar-refractivity contribution < 1.29 is 14.3 Å². The quantitative estimate of drug-likeness (QED) is 0.855. The molecular formula is C15H21N3O3. The van der Waals surface area contributed by atoms with E-state index in [9.17, 15) is 4.79 Å². The van der Waals surface area contributed by atoms with E-state index in [1.165, 1.54) is 0 Å². The first-order valence-corrected chi connectivity index (χ1v) is 7.70. The predicted octanol–water partition coefficient (Wildman–Crippen LogP) is 2.40. The average molecular weight is 291 g/mol. The SMILES string of the molecule is O=C(OC1CCCC1)N1CCCC(Oc2ncccn2)C1. The number of likely N-dealkylation sites (tertiary alicyclic amines) is 1. The first-order chi connectivity index (χ1) is 10.3. The molecule has 21 heavy (non-hydrogen) atoms. The number of rotatable bonds is 3. The summed E-state index contributed by atoms with van der Waals surface area (Å²) in [6, 6.07) is 2.12. The van der Waals surface area contributed by atoms with Gasteiger partial charge in [0.15, 0.2) is 0 Å². The Morgan fingerprint density at radius 3 is 2.57 bits per heavy atom. The molecule has 0 radical (unpaired) electrons. The summed E-state index contributed by atoms with van der Waals surface area (Å²) in [6.45, 7) is 1.28. The van der Waals surface area contributed by atoms with E-state index in [2.05, 4.69) is 9.97 Å². The molecule has 1 aliphatic heterocycles. The molecule has 1 aromatic heterocycles. The van der Waals surface area contributed by atoms with Crippen molar-refractivity contribution in [2.24, 2.45) is 0 Å². The molecule has 1 unspecified atom stereocenters. The number of piperidine rings is 1. The predicted molar refractivity (Wildman–Crippen MR) is 76.0 cm³/mol. The first kappa shape index (κ1) is 14.1. The molecule has 1 amide bonds. The summed E-state index contributed by atoms with van der Waals surface area (Å²) < 4.78 is 11.3. The Balaban J connectivity index is 1.51. The Morgan fingerprint density at radius 2 is 1.81 bits per heavy atom. The van der Waals surface area contributed by atoms with Gasteiger partial charge in [0.25, 0.3) is 0 Å². The molecule has 3 rings (SSSR count). The summed E-state index contributed by atoms with van der Waals surface area (Å²) in [7, 11) is 0. The van der Waals surface area contributed by atoms with Gasteiger partial charge in [-0.05, 0) is 44.6 Å². The van der Waals surface area contributed by atoms with E-state index < -0.39 is 0 Å². The highest BCUT2D eigenvalue weighted by atomic mass is 16.6. The summed E-state index contributed by atoms with van der Waals surface area (Å²) in [5, 5.41) is 0. The van der Waals surface area contributed by atoms with E-state index in [0.29, 0.717) is 12.6 Å². The number of amides is 1. The van der Waals surface area contributed by atoms with Gasteiger partial charge >= 0.3 is 12.1 Å². The fourth-order valence-corrected chi connectivity index (χ4v) is 2.92. The van der Waals surface area contributed by atoms with Crippen molar-refractivity contribution in [3.8, 4) is 6.01 Å². The molecule has 114 valence electrons. The van der Waals surface area contributed by atoms with Crippen LogP contribution < -0.4 is 4.74 Å². The van der Waals surface area contributed by atoms with Gasteiger partial charge in [-0.25, -0.2) is 14.8 Å². The maximum Gasteiger partial charge on any atom is 0.410 e. The van der Waals surface area contributed by atoms with Crippen LogP contribution in [0.3, 0.4) is 0 Å². The average Bonchev–Trinajstić information content (AvgIpc) is 3.01. The van der Waals surface area contributed by atoms with Gasteiger partial charge < -0.3 is 14.4 Å². The Hall–Kier alpha value is -1.85. The third kappa shape index (κ3) is 3.83. The number of aromatic nitrogens is 2. The van der Waals surface area contributed by atoms with Crippen LogP contribution in [-0.4, -0.2) is 46.3 Å². The standard InChI is InChI=1S/C15H21N3O3/c19-15(21-12-5-1-2-6-12)18-10-3-7-13(11-18)20-14-16-8-4-9-17-14/h4,8-9,12-13H,1-3,5-7,10-11H2. The zero-order valence-electron chi connectivity index (χ0n) is 12.1. The third-order valence-electron chi connectivity index (χ3n) is 4.02. The minimum absolute atomic E-state index is 0.0581. The zero-order valence-corrected chi connectivity index (χ0v) is 12.1. The fourth-order valence-electron chi connectivity index (χ4n) is 2.92. The molecule has 2 fully saturated rings. The highest BCUT2D eigenvalue weighted by Gasteiger charge is 2.28. The van der Waals surface area contributed by atoms with E-state index in [4.69, 9.17) is 9.47 Å². The molecular weight excluding hydrogens is 270 g/mol. The molecule has 6 heteroatoms. The largest absolute Gasteiger partial charge is 0.458 e. The topological polar surface area (TPSA) is 64.5 Å². The van der Waals surface area contributed by atoms with E-state index in [1.807, 2.05) is 0 Å². The normalized spacial score (nSPS) is 23.0. The van der Waals surface area contributed by atoms with Gasteiger partial charge in [-0.2, -0.15) is 0 Å². The molecule has 0 aromatic carbocycles. The van der Waals surface area contributed by atoms with Gasteiger partial charge in [0.2, 0.25) is 0 Å². The molecule has 2 aliphatic rings. The molecule has 1 saturated carbocycles. The molecule has 0 N–H and O–H groups in total. The van der Waals surface area contributed by atoms with Crippen LogP contribution in [0.25, 0.3) is 0 Å². The van der Waals surface area contributed by atoms with Crippen LogP contribution >= 0.6 is 0 Å². The molecule has 1 saturated heterocycles. The van der Waals surface area contributed by atoms with Crippen molar-refractivity contribution in [3.05, 3.63) is 18.5 Å². The van der Waals surface area contributed by atoms with Crippen LogP contribution in [0.1, 0.15) is 38.5 Å². The van der Waals surface area contributed by atoms with E-state index >= 15 is 0 Å². The third-order valence-corrected chi connectivity index (χ3v) is 4.02. The second kappa shape index (κ2) is 6.74.